The summed E-state index contributed by atoms with van der Waals surface area (Å²) in [7, 11) is 0. The summed E-state index contributed by atoms with van der Waals surface area (Å²) in [6, 6.07) is 0. The van der Waals surface area contributed by atoms with E-state index in [1.165, 1.54) is 25.7 Å². The van der Waals surface area contributed by atoms with E-state index < -0.39 is 11.2 Å². The maximum absolute atomic E-state index is 11.8. The molecule has 0 saturated carbocycles. The van der Waals surface area contributed by atoms with Gasteiger partial charge in [0.05, 0.1) is 0 Å². The lowest BCUT2D eigenvalue weighted by molar-refractivity contribution is 0.0515. The molecule has 0 fully saturated rings. The van der Waals surface area contributed by atoms with Crippen LogP contribution < -0.4 is 10.6 Å². The van der Waals surface area contributed by atoms with Crippen molar-refractivity contribution in [3.63, 3.8) is 0 Å². The molecule has 0 radical (unpaired) electrons. The van der Waals surface area contributed by atoms with Gasteiger partial charge in [-0.1, -0.05) is 40.5 Å². The van der Waals surface area contributed by atoms with Gasteiger partial charge in [-0.05, 0) is 105 Å². The second-order valence-corrected chi connectivity index (χ2v) is 13.7. The Balaban J connectivity index is 4.32. The number of nitrogens with zero attached hydrogens (tertiary/aromatic N) is 2. The molecule has 2 amide bonds. The van der Waals surface area contributed by atoms with Crippen molar-refractivity contribution in [1.29, 1.82) is 0 Å². The highest BCUT2D eigenvalue weighted by Crippen LogP contribution is 2.13. The predicted molar refractivity (Wildman–Crippen MR) is 168 cm³/mol. The lowest BCUT2D eigenvalue weighted by Crippen LogP contribution is -2.39. The third-order valence-electron chi connectivity index (χ3n) is 6.54. The Labute approximate surface area is 247 Å². The van der Waals surface area contributed by atoms with Gasteiger partial charge in [0.15, 0.2) is 0 Å². The topological polar surface area (TPSA) is 83.1 Å². The first-order chi connectivity index (χ1) is 18.6. The number of ether oxygens (including phenoxy) is 2. The first kappa shape index (κ1) is 38.5. The summed E-state index contributed by atoms with van der Waals surface area (Å²) in [6.45, 7) is 28.7. The molecule has 2 N–H and O–H groups in total. The number of amides is 2. The monoisotopic (exact) mass is 571 g/mol. The summed E-state index contributed by atoms with van der Waals surface area (Å²) >= 11 is 0. The molecule has 40 heavy (non-hydrogen) atoms. The fraction of sp³-hybridized carbons (Fsp3) is 0.938. The van der Waals surface area contributed by atoms with Gasteiger partial charge in [-0.15, -0.1) is 0 Å². The van der Waals surface area contributed by atoms with Crippen LogP contribution >= 0.6 is 0 Å². The Bertz CT molecular complexity index is 604. The van der Waals surface area contributed by atoms with Crippen LogP contribution in [0.5, 0.6) is 0 Å². The average Bonchev–Trinajstić information content (AvgIpc) is 2.80. The van der Waals surface area contributed by atoms with E-state index in [1.54, 1.807) is 0 Å². The van der Waals surface area contributed by atoms with Crippen molar-refractivity contribution in [1.82, 2.24) is 20.4 Å². The van der Waals surface area contributed by atoms with E-state index >= 15 is 0 Å². The van der Waals surface area contributed by atoms with E-state index in [0.717, 1.165) is 65.0 Å². The molecule has 0 rings (SSSR count). The minimum atomic E-state index is -0.450. The second-order valence-electron chi connectivity index (χ2n) is 13.7. The Morgan fingerprint density at radius 3 is 1.27 bits per heavy atom. The molecule has 0 aromatic carbocycles. The number of nitrogens with one attached hydrogen (secondary N) is 2. The smallest absolute Gasteiger partial charge is 0.407 e. The molecule has 0 heterocycles. The Morgan fingerprint density at radius 1 is 0.625 bits per heavy atom. The summed E-state index contributed by atoms with van der Waals surface area (Å²) in [6.07, 6.45) is 8.25. The van der Waals surface area contributed by atoms with Crippen LogP contribution in [0.3, 0.4) is 0 Å². The molecule has 2 atom stereocenters. The quantitative estimate of drug-likeness (QED) is 0.144. The maximum Gasteiger partial charge on any atom is 0.407 e. The summed E-state index contributed by atoms with van der Waals surface area (Å²) in [4.78, 5) is 28.9. The summed E-state index contributed by atoms with van der Waals surface area (Å²) in [5.74, 6) is 1.28. The highest BCUT2D eigenvalue weighted by molar-refractivity contribution is 5.67. The Morgan fingerprint density at radius 2 is 0.975 bits per heavy atom. The maximum atomic E-state index is 11.8. The van der Waals surface area contributed by atoms with E-state index in [2.05, 4.69) is 48.1 Å². The fourth-order valence-corrected chi connectivity index (χ4v) is 4.81. The van der Waals surface area contributed by atoms with Gasteiger partial charge in [0.1, 0.15) is 11.2 Å². The molecule has 8 heteroatoms. The third-order valence-corrected chi connectivity index (χ3v) is 6.54. The number of alkyl carbamates (subject to hydrolysis) is 2. The molecule has 0 aromatic heterocycles. The summed E-state index contributed by atoms with van der Waals surface area (Å²) in [5, 5.41) is 5.73. The minimum absolute atomic E-state index is 0.323. The van der Waals surface area contributed by atoms with Crippen molar-refractivity contribution in [3.8, 4) is 0 Å². The van der Waals surface area contributed by atoms with Gasteiger partial charge in [0.25, 0.3) is 0 Å². The van der Waals surface area contributed by atoms with E-state index in [0.29, 0.717) is 24.9 Å². The molecule has 2 unspecified atom stereocenters. The Hall–Kier alpha value is -1.54. The van der Waals surface area contributed by atoms with Crippen molar-refractivity contribution in [2.45, 2.75) is 132 Å². The van der Waals surface area contributed by atoms with E-state index in [1.807, 2.05) is 41.5 Å². The summed E-state index contributed by atoms with van der Waals surface area (Å²) < 4.78 is 10.6. The van der Waals surface area contributed by atoms with Crippen LogP contribution in [-0.4, -0.2) is 85.5 Å². The SMILES string of the molecule is CCCN(CCN(CCC)CC(C)CCCCNC(=O)OC(C)(C)C)CC(C)CCCCNC(=O)OC(C)(C)C. The lowest BCUT2D eigenvalue weighted by atomic mass is 10.0. The van der Waals surface area contributed by atoms with Gasteiger partial charge < -0.3 is 29.9 Å². The first-order valence-corrected chi connectivity index (χ1v) is 16.0. The zero-order valence-corrected chi connectivity index (χ0v) is 28.0. The zero-order chi connectivity index (χ0) is 30.6. The highest BCUT2D eigenvalue weighted by Gasteiger charge is 2.17. The van der Waals surface area contributed by atoms with Gasteiger partial charge in [0, 0.05) is 39.3 Å². The molecule has 238 valence electrons. The molecular formula is C32H66N4O4. The zero-order valence-electron chi connectivity index (χ0n) is 28.0. The Kier molecular flexibility index (Phi) is 20.4. The molecule has 8 nitrogen and oxygen atoms in total. The first-order valence-electron chi connectivity index (χ1n) is 16.0. The lowest BCUT2D eigenvalue weighted by Gasteiger charge is -2.30. The molecular weight excluding hydrogens is 504 g/mol. The third kappa shape index (κ3) is 24.3. The number of carbonyl (C=O) groups excluding carboxylic acids is 2. The molecule has 0 saturated heterocycles. The van der Waals surface area contributed by atoms with Crippen molar-refractivity contribution < 1.29 is 19.1 Å². The number of unbranched alkanes of at least 4 members (excludes halogenated alkanes) is 2. The van der Waals surface area contributed by atoms with Gasteiger partial charge in [0.2, 0.25) is 0 Å². The van der Waals surface area contributed by atoms with Crippen LogP contribution in [-0.2, 0) is 9.47 Å². The van der Waals surface area contributed by atoms with E-state index in [9.17, 15) is 9.59 Å². The second kappa shape index (κ2) is 21.2. The molecule has 0 spiro atoms. The van der Waals surface area contributed by atoms with Crippen LogP contribution in [0, 0.1) is 11.8 Å². The fourth-order valence-electron chi connectivity index (χ4n) is 4.81. The van der Waals surface area contributed by atoms with Gasteiger partial charge in [-0.2, -0.15) is 0 Å². The number of carbonyl (C=O) groups is 2. The molecule has 0 bridgehead atoms. The van der Waals surface area contributed by atoms with E-state index in [4.69, 9.17) is 9.47 Å². The number of rotatable bonds is 21. The van der Waals surface area contributed by atoms with Crippen molar-refractivity contribution >= 4 is 12.2 Å². The van der Waals surface area contributed by atoms with Gasteiger partial charge in [-0.25, -0.2) is 9.59 Å². The summed E-state index contributed by atoms with van der Waals surface area (Å²) in [5.41, 5.74) is -0.900. The molecule has 0 aliphatic heterocycles. The van der Waals surface area contributed by atoms with Crippen molar-refractivity contribution in [2.24, 2.45) is 11.8 Å². The van der Waals surface area contributed by atoms with Crippen LogP contribution in [0.1, 0.15) is 121 Å². The number of hydrogen-bond donors (Lipinski definition) is 2. The van der Waals surface area contributed by atoms with Crippen LogP contribution in [0.2, 0.25) is 0 Å². The normalized spacial score (nSPS) is 13.8. The minimum Gasteiger partial charge on any atom is -0.444 e. The van der Waals surface area contributed by atoms with Crippen molar-refractivity contribution in [2.75, 3.05) is 52.4 Å². The van der Waals surface area contributed by atoms with Crippen LogP contribution in [0.25, 0.3) is 0 Å². The van der Waals surface area contributed by atoms with Crippen LogP contribution in [0.15, 0.2) is 0 Å². The van der Waals surface area contributed by atoms with E-state index in [-0.39, 0.29) is 12.2 Å². The van der Waals surface area contributed by atoms with Gasteiger partial charge >= 0.3 is 12.2 Å². The predicted octanol–water partition coefficient (Wildman–Crippen LogP) is 7.07. The van der Waals surface area contributed by atoms with Crippen molar-refractivity contribution in [3.05, 3.63) is 0 Å². The van der Waals surface area contributed by atoms with Gasteiger partial charge in [-0.3, -0.25) is 0 Å². The largest absolute Gasteiger partial charge is 0.444 e. The number of hydrogen-bond acceptors (Lipinski definition) is 6. The average molecular weight is 571 g/mol. The molecule has 0 aromatic rings. The highest BCUT2D eigenvalue weighted by atomic mass is 16.6. The van der Waals surface area contributed by atoms with Crippen LogP contribution in [0.4, 0.5) is 9.59 Å². The standard InChI is InChI=1S/C32H66N4O4/c1-11-21-35(25-27(3)17-13-15-19-33-29(37)39-31(5,6)7)23-24-36(22-12-2)26-28(4)18-14-16-20-34-30(38)40-32(8,9)10/h27-28H,11-26H2,1-10H3,(H,33,37)(H,34,38). The molecule has 0 aliphatic carbocycles. The molecule has 0 aliphatic rings.